The molecule has 17 heavy (non-hydrogen) atoms. The Morgan fingerprint density at radius 1 is 1.29 bits per heavy atom. The van der Waals surface area contributed by atoms with Gasteiger partial charge in [0.2, 0.25) is 5.91 Å². The molecule has 0 spiro atoms. The van der Waals surface area contributed by atoms with Crippen molar-refractivity contribution in [2.24, 2.45) is 5.73 Å². The van der Waals surface area contributed by atoms with Gasteiger partial charge in [-0.05, 0) is 13.0 Å². The lowest BCUT2D eigenvalue weighted by Gasteiger charge is -2.19. The average molecular weight is 245 g/mol. The van der Waals surface area contributed by atoms with Gasteiger partial charge >= 0.3 is 12.0 Å². The maximum atomic E-state index is 11.2. The Balaban J connectivity index is 4.03. The van der Waals surface area contributed by atoms with Gasteiger partial charge in [0.05, 0.1) is 13.7 Å². The zero-order valence-electron chi connectivity index (χ0n) is 10.2. The molecule has 0 bridgehead atoms. The fourth-order valence-corrected chi connectivity index (χ4v) is 1.29. The monoisotopic (exact) mass is 245 g/mol. The molecule has 0 aromatic heterocycles. The molecule has 0 unspecified atom stereocenters. The van der Waals surface area contributed by atoms with Gasteiger partial charge < -0.3 is 10.5 Å². The normalized spacial score (nSPS) is 10.1. The molecule has 0 saturated carbocycles. The van der Waals surface area contributed by atoms with Gasteiger partial charge in [-0.3, -0.25) is 19.8 Å². The van der Waals surface area contributed by atoms with Crippen LogP contribution < -0.4 is 11.1 Å². The van der Waals surface area contributed by atoms with Gasteiger partial charge in [-0.15, -0.1) is 0 Å². The number of hydrogen-bond acceptors (Lipinski definition) is 5. The molecule has 0 radical (unpaired) electrons. The molecular weight excluding hydrogens is 226 g/mol. The molecule has 3 amide bonds. The Morgan fingerprint density at radius 3 is 2.41 bits per heavy atom. The largest absolute Gasteiger partial charge is 0.468 e. The van der Waals surface area contributed by atoms with Crippen LogP contribution in [0.3, 0.4) is 0 Å². The summed E-state index contributed by atoms with van der Waals surface area (Å²) < 4.78 is 4.54. The minimum atomic E-state index is -0.870. The fourth-order valence-electron chi connectivity index (χ4n) is 1.29. The number of primary amides is 1. The number of amides is 3. The Hall–Kier alpha value is -1.63. The van der Waals surface area contributed by atoms with Crippen LogP contribution in [0.25, 0.3) is 0 Å². The van der Waals surface area contributed by atoms with Crippen LogP contribution in [0.1, 0.15) is 19.8 Å². The number of methoxy groups -OCH3 is 1. The van der Waals surface area contributed by atoms with Crippen molar-refractivity contribution in [3.63, 3.8) is 0 Å². The molecule has 7 nitrogen and oxygen atoms in total. The van der Waals surface area contributed by atoms with Gasteiger partial charge in [-0.25, -0.2) is 4.79 Å². The van der Waals surface area contributed by atoms with Gasteiger partial charge in [0.1, 0.15) is 0 Å². The third-order valence-electron chi connectivity index (χ3n) is 2.04. The highest BCUT2D eigenvalue weighted by Crippen LogP contribution is 1.95. The Labute approximate surface area is 100 Å². The number of nitrogens with zero attached hydrogens (tertiary/aromatic N) is 1. The van der Waals surface area contributed by atoms with Gasteiger partial charge in [0.25, 0.3) is 0 Å². The molecule has 3 N–H and O–H groups in total. The Morgan fingerprint density at radius 2 is 1.94 bits per heavy atom. The van der Waals surface area contributed by atoms with E-state index < -0.39 is 11.9 Å². The van der Waals surface area contributed by atoms with Crippen molar-refractivity contribution in [1.29, 1.82) is 0 Å². The highest BCUT2D eigenvalue weighted by molar-refractivity contribution is 5.93. The first-order chi connectivity index (χ1) is 7.99. The van der Waals surface area contributed by atoms with Crippen molar-refractivity contribution in [2.75, 3.05) is 26.7 Å². The predicted molar refractivity (Wildman–Crippen MR) is 61.1 cm³/mol. The molecule has 0 aliphatic carbocycles. The third-order valence-corrected chi connectivity index (χ3v) is 2.04. The standard InChI is InChI=1S/C10H19N3O4/c1-3-5-13(7-9(15)17-2)6-4-8(14)12-10(11)16/h3-7H2,1-2H3,(H3,11,12,14,16). The summed E-state index contributed by atoms with van der Waals surface area (Å²) in [4.78, 5) is 34.4. The molecule has 7 heteroatoms. The summed E-state index contributed by atoms with van der Waals surface area (Å²) >= 11 is 0. The van der Waals surface area contributed by atoms with Crippen LogP contribution in [0.4, 0.5) is 4.79 Å². The maximum Gasteiger partial charge on any atom is 0.319 e. The van der Waals surface area contributed by atoms with Crippen LogP contribution >= 0.6 is 0 Å². The topological polar surface area (TPSA) is 102 Å². The van der Waals surface area contributed by atoms with Crippen LogP contribution in [0.2, 0.25) is 0 Å². The highest BCUT2D eigenvalue weighted by Gasteiger charge is 2.12. The Kier molecular flexibility index (Phi) is 7.70. The van der Waals surface area contributed by atoms with Crippen molar-refractivity contribution in [3.05, 3.63) is 0 Å². The molecule has 0 aromatic carbocycles. The van der Waals surface area contributed by atoms with Crippen molar-refractivity contribution < 1.29 is 19.1 Å². The number of carbonyl (C=O) groups excluding carboxylic acids is 3. The molecule has 98 valence electrons. The van der Waals surface area contributed by atoms with Crippen LogP contribution in [-0.4, -0.2) is 49.6 Å². The second kappa shape index (κ2) is 8.51. The second-order valence-electron chi connectivity index (χ2n) is 3.51. The molecule has 0 heterocycles. The SMILES string of the molecule is CCCN(CCC(=O)NC(N)=O)CC(=O)OC. The summed E-state index contributed by atoms with van der Waals surface area (Å²) in [5, 5.41) is 1.96. The van der Waals surface area contributed by atoms with E-state index in [1.54, 1.807) is 4.90 Å². The van der Waals surface area contributed by atoms with Crippen LogP contribution in [-0.2, 0) is 14.3 Å². The molecule has 0 atom stereocenters. The first kappa shape index (κ1) is 15.4. The molecule has 0 rings (SSSR count). The van der Waals surface area contributed by atoms with Gasteiger partial charge in [-0.1, -0.05) is 6.92 Å². The van der Waals surface area contributed by atoms with E-state index in [4.69, 9.17) is 5.73 Å². The number of urea groups is 1. The van der Waals surface area contributed by atoms with Gasteiger partial charge in [0.15, 0.2) is 0 Å². The summed E-state index contributed by atoms with van der Waals surface area (Å²) in [6, 6.07) is -0.870. The Bertz CT molecular complexity index is 281. The van der Waals surface area contributed by atoms with E-state index in [2.05, 4.69) is 4.74 Å². The van der Waals surface area contributed by atoms with E-state index in [1.165, 1.54) is 7.11 Å². The van der Waals surface area contributed by atoms with Gasteiger partial charge in [0, 0.05) is 13.0 Å². The quantitative estimate of drug-likeness (QED) is 0.586. The molecule has 0 aromatic rings. The summed E-state index contributed by atoms with van der Waals surface area (Å²) in [5.41, 5.74) is 4.80. The molecular formula is C10H19N3O4. The summed E-state index contributed by atoms with van der Waals surface area (Å²) in [6.07, 6.45) is 0.967. The minimum Gasteiger partial charge on any atom is -0.468 e. The minimum absolute atomic E-state index is 0.111. The summed E-state index contributed by atoms with van der Waals surface area (Å²) in [7, 11) is 1.31. The van der Waals surface area contributed by atoms with Crippen molar-refractivity contribution in [1.82, 2.24) is 10.2 Å². The van der Waals surface area contributed by atoms with Crippen LogP contribution in [0.5, 0.6) is 0 Å². The molecule has 0 aliphatic rings. The van der Waals surface area contributed by atoms with Crippen LogP contribution in [0.15, 0.2) is 0 Å². The number of ether oxygens (including phenoxy) is 1. The van der Waals surface area contributed by atoms with E-state index in [0.29, 0.717) is 13.1 Å². The van der Waals surface area contributed by atoms with E-state index in [1.807, 2.05) is 12.2 Å². The average Bonchev–Trinajstić information content (AvgIpc) is 2.25. The smallest absolute Gasteiger partial charge is 0.319 e. The predicted octanol–water partition coefficient (Wildman–Crippen LogP) is -0.544. The third kappa shape index (κ3) is 8.21. The summed E-state index contributed by atoms with van der Waals surface area (Å²) in [5.74, 6) is -0.808. The number of esters is 1. The first-order valence-corrected chi connectivity index (χ1v) is 5.38. The van der Waals surface area contributed by atoms with Crippen molar-refractivity contribution in [2.45, 2.75) is 19.8 Å². The lowest BCUT2D eigenvalue weighted by Crippen LogP contribution is -2.38. The van der Waals surface area contributed by atoms with E-state index in [-0.39, 0.29) is 18.9 Å². The maximum absolute atomic E-state index is 11.2. The number of imide groups is 1. The number of hydrogen-bond donors (Lipinski definition) is 2. The van der Waals surface area contributed by atoms with E-state index >= 15 is 0 Å². The lowest BCUT2D eigenvalue weighted by atomic mass is 10.3. The highest BCUT2D eigenvalue weighted by atomic mass is 16.5. The number of rotatable bonds is 7. The van der Waals surface area contributed by atoms with E-state index in [0.717, 1.165) is 6.42 Å². The second-order valence-corrected chi connectivity index (χ2v) is 3.51. The van der Waals surface area contributed by atoms with Crippen molar-refractivity contribution in [3.8, 4) is 0 Å². The number of nitrogens with two attached hydrogens (primary N) is 1. The number of nitrogens with one attached hydrogen (secondary N) is 1. The zero-order chi connectivity index (χ0) is 13.3. The molecule has 0 aliphatic heterocycles. The van der Waals surface area contributed by atoms with Crippen LogP contribution in [0, 0.1) is 0 Å². The first-order valence-electron chi connectivity index (χ1n) is 5.38. The molecule has 0 saturated heterocycles. The molecule has 0 fully saturated rings. The lowest BCUT2D eigenvalue weighted by molar-refractivity contribution is -0.142. The summed E-state index contributed by atoms with van der Waals surface area (Å²) in [6.45, 7) is 3.16. The van der Waals surface area contributed by atoms with E-state index in [9.17, 15) is 14.4 Å². The number of carbonyl (C=O) groups is 3. The van der Waals surface area contributed by atoms with Gasteiger partial charge in [-0.2, -0.15) is 0 Å². The van der Waals surface area contributed by atoms with Crippen molar-refractivity contribution >= 4 is 17.9 Å². The zero-order valence-corrected chi connectivity index (χ0v) is 10.2. The fraction of sp³-hybridized carbons (Fsp3) is 0.700.